The van der Waals surface area contributed by atoms with Crippen LogP contribution in [0, 0.1) is 35.5 Å². The number of amides is 11. The highest BCUT2D eigenvalue weighted by Crippen LogP contribution is 2.27. The third kappa shape index (κ3) is 22.8. The number of aliphatic hydroxyl groups excluding tert-OH is 1. The molecule has 0 spiro atoms. The molecule has 1 aliphatic heterocycles. The van der Waals surface area contributed by atoms with Crippen molar-refractivity contribution in [2.45, 2.75) is 241 Å². The number of nitrogens with one attached hydrogen (secondary N) is 4. The summed E-state index contributed by atoms with van der Waals surface area (Å²) in [6.45, 7) is 31.1. The third-order valence-corrected chi connectivity index (χ3v) is 17.5. The van der Waals surface area contributed by atoms with Crippen LogP contribution in [-0.2, 0) is 57.5 Å². The van der Waals surface area contributed by atoms with Gasteiger partial charge >= 0.3 is 0 Å². The fraction of sp³-hybridized carbons (Fsp3) is 0.800. The Morgan fingerprint density at radius 1 is 0.511 bits per heavy atom. The molecule has 1 aliphatic rings. The molecule has 5 N–H and O–H groups in total. The van der Waals surface area contributed by atoms with Gasteiger partial charge in [0, 0.05) is 55.8 Å². The number of hydrogen-bond donors (Lipinski definition) is 5. The van der Waals surface area contributed by atoms with E-state index in [1.165, 1.54) is 106 Å². The number of aliphatic hydroxyl groups is 1. The lowest BCUT2D eigenvalue weighted by Gasteiger charge is -2.41. The molecular formula is C65H117N11O13S. The first kappa shape index (κ1) is 82.2. The van der Waals surface area contributed by atoms with E-state index < -0.39 is 161 Å². The second-order valence-corrected chi connectivity index (χ2v) is 28.2. The number of thioether (sulfide) groups is 1. The molecule has 0 bridgehead atoms. The van der Waals surface area contributed by atoms with Gasteiger partial charge in [-0.1, -0.05) is 95.2 Å². The fourth-order valence-corrected chi connectivity index (χ4v) is 11.6. The lowest BCUT2D eigenvalue weighted by molar-refractivity contribution is -0.157. The van der Waals surface area contributed by atoms with Crippen LogP contribution in [0.25, 0.3) is 0 Å². The van der Waals surface area contributed by atoms with Crippen LogP contribution in [0.2, 0.25) is 0 Å². The van der Waals surface area contributed by atoms with Crippen LogP contribution in [0.4, 0.5) is 0 Å². The summed E-state index contributed by atoms with van der Waals surface area (Å²) in [5.41, 5.74) is -1.03. The second kappa shape index (κ2) is 37.0. The van der Waals surface area contributed by atoms with Gasteiger partial charge in [0.05, 0.1) is 17.6 Å². The molecule has 0 saturated carbocycles. The van der Waals surface area contributed by atoms with Gasteiger partial charge in [0.2, 0.25) is 65.0 Å². The zero-order chi connectivity index (χ0) is 69.9. The average molecular weight is 1290 g/mol. The highest BCUT2D eigenvalue weighted by molar-refractivity contribution is 7.98. The first-order chi connectivity index (χ1) is 41.5. The molecule has 24 nitrogen and oxygen atoms in total. The van der Waals surface area contributed by atoms with Crippen molar-refractivity contribution in [2.24, 2.45) is 35.5 Å². The summed E-state index contributed by atoms with van der Waals surface area (Å²) in [4.78, 5) is 171. The molecule has 1 fully saturated rings. The Bertz CT molecular complexity index is 2480. The summed E-state index contributed by atoms with van der Waals surface area (Å²) in [5.74, 6) is -9.70. The minimum atomic E-state index is -1.63. The van der Waals surface area contributed by atoms with E-state index in [1.54, 1.807) is 74.5 Å². The normalized spacial score (nSPS) is 27.0. The predicted molar refractivity (Wildman–Crippen MR) is 352 cm³/mol. The zero-order valence-corrected chi connectivity index (χ0v) is 60.2. The van der Waals surface area contributed by atoms with Crippen LogP contribution >= 0.6 is 11.8 Å². The first-order valence-electron chi connectivity index (χ1n) is 32.0. The lowest BCUT2D eigenvalue weighted by Crippen LogP contribution is -2.64. The number of hydrogen-bond acceptors (Lipinski definition) is 14. The smallest absolute Gasteiger partial charge is 0.246 e. The van der Waals surface area contributed by atoms with Crippen molar-refractivity contribution in [3.63, 3.8) is 0 Å². The number of carbonyl (C=O) groups is 11. The van der Waals surface area contributed by atoms with E-state index in [0.29, 0.717) is 6.42 Å². The van der Waals surface area contributed by atoms with E-state index in [4.69, 9.17) is 4.74 Å². The fourth-order valence-electron chi connectivity index (χ4n) is 11.2. The van der Waals surface area contributed by atoms with E-state index in [-0.39, 0.29) is 55.8 Å². The van der Waals surface area contributed by atoms with Crippen molar-refractivity contribution < 1.29 is 62.6 Å². The van der Waals surface area contributed by atoms with Gasteiger partial charge in [-0.2, -0.15) is 0 Å². The Labute approximate surface area is 543 Å². The van der Waals surface area contributed by atoms with Gasteiger partial charge < -0.3 is 65.4 Å². The SMILES string of the molecule is C/C=C/C[C@@H](C)[C@@H](O)[C@H]1C(=O)N[C@@H](CC)C(=O)N(C)[C@H](C)C(=O)N(C)[C@@H](CC(C)(C)OCSC)C(=O)N[C@@H](C(C)C)C(=O)N(C)[C@@H](CC(C)C)C(=O)N[C@@H](C)C(=O)N[C@H](C)C(=O)N(C)[C@@H](CC(C)C)C(=O)N(C)[C@@H](CC(C)C)C(=O)N(C)[C@@H](C(C)C)C(=O)N1C. The summed E-state index contributed by atoms with van der Waals surface area (Å²) < 4.78 is 6.14. The van der Waals surface area contributed by atoms with Crippen molar-refractivity contribution >= 4 is 76.7 Å². The Balaban J connectivity index is 4.46. The molecule has 0 aliphatic carbocycles. The van der Waals surface area contributed by atoms with Crippen molar-refractivity contribution in [1.29, 1.82) is 0 Å². The molecule has 1 rings (SSSR count). The number of carbonyl (C=O) groups excluding carboxylic acids is 11. The molecule has 0 unspecified atom stereocenters. The monoisotopic (exact) mass is 1290 g/mol. The zero-order valence-electron chi connectivity index (χ0n) is 59.4. The van der Waals surface area contributed by atoms with Gasteiger partial charge in [0.1, 0.15) is 66.5 Å². The van der Waals surface area contributed by atoms with E-state index in [0.717, 1.165) is 9.80 Å². The Hall–Kier alpha value is -5.82. The number of allylic oxidation sites excluding steroid dienone is 2. The van der Waals surface area contributed by atoms with E-state index in [9.17, 15) is 43.5 Å². The summed E-state index contributed by atoms with van der Waals surface area (Å²) in [5, 5.41) is 23.2. The molecule has 0 aromatic rings. The van der Waals surface area contributed by atoms with Gasteiger partial charge in [-0.15, -0.1) is 11.8 Å². The maximum absolute atomic E-state index is 15.2. The van der Waals surface area contributed by atoms with E-state index >= 15 is 14.4 Å². The largest absolute Gasteiger partial charge is 0.390 e. The number of nitrogens with zero attached hydrogens (tertiary/aromatic N) is 7. The van der Waals surface area contributed by atoms with Crippen molar-refractivity contribution in [2.75, 3.05) is 61.5 Å². The molecule has 25 heteroatoms. The van der Waals surface area contributed by atoms with Crippen LogP contribution < -0.4 is 21.3 Å². The van der Waals surface area contributed by atoms with Crippen molar-refractivity contribution in [3.8, 4) is 0 Å². The van der Waals surface area contributed by atoms with Crippen molar-refractivity contribution in [3.05, 3.63) is 12.2 Å². The van der Waals surface area contributed by atoms with Gasteiger partial charge in [0.15, 0.2) is 0 Å². The molecule has 0 radical (unpaired) electrons. The summed E-state index contributed by atoms with van der Waals surface area (Å²) in [7, 11) is 9.90. The van der Waals surface area contributed by atoms with Crippen molar-refractivity contribution in [1.82, 2.24) is 55.6 Å². The Morgan fingerprint density at radius 2 is 0.956 bits per heavy atom. The quantitative estimate of drug-likeness (QED) is 0.0954. The highest BCUT2D eigenvalue weighted by atomic mass is 32.2. The van der Waals surface area contributed by atoms with Crippen LogP contribution in [0.1, 0.15) is 163 Å². The Kier molecular flexibility index (Phi) is 33.8. The standard InChI is InChI=1S/C65H117N11O13S/c1-27-29-30-41(13)53(77)52-57(81)68-45(28-2)60(84)70(19)44(16)59(83)74(23)49(34-65(17,18)89-35-90-26)56(80)69-50(39(9)10)63(87)71(20)46(31-36(3)4)55(79)66-42(14)54(78)67-43(15)58(82)72(21)47(32-37(5)6)61(85)73(22)48(33-38(7)8)62(86)75(24)51(40(11)12)64(88)76(52)25/h27,29,36-53,77H,28,30-35H2,1-26H3,(H,66,79)(H,67,78)(H,68,81)(H,69,80)/b29-27+/t41-,42+,43-,44-,45+,46+,47+,48+,49+,50+,51+,52+,53-/m1/s1. The summed E-state index contributed by atoms with van der Waals surface area (Å²) >= 11 is 1.40. The van der Waals surface area contributed by atoms with Gasteiger partial charge in [-0.3, -0.25) is 52.7 Å². The molecule has 11 amide bonds. The molecule has 90 heavy (non-hydrogen) atoms. The summed E-state index contributed by atoms with van der Waals surface area (Å²) in [6, 6.07) is -14.0. The molecule has 0 aromatic carbocycles. The maximum Gasteiger partial charge on any atom is 0.246 e. The topological polar surface area (TPSA) is 288 Å². The van der Waals surface area contributed by atoms with Crippen LogP contribution in [0.3, 0.4) is 0 Å². The van der Waals surface area contributed by atoms with Gasteiger partial charge in [-0.05, 0) is 115 Å². The maximum atomic E-state index is 15.2. The van der Waals surface area contributed by atoms with Crippen LogP contribution in [0.5, 0.6) is 0 Å². The number of rotatable bonds is 18. The highest BCUT2D eigenvalue weighted by Gasteiger charge is 2.46. The third-order valence-electron chi connectivity index (χ3n) is 17.1. The average Bonchev–Trinajstić information content (AvgIpc) is 1.65. The van der Waals surface area contributed by atoms with Crippen LogP contribution in [-0.4, -0.2) is 244 Å². The minimum Gasteiger partial charge on any atom is -0.390 e. The molecule has 13 atom stereocenters. The van der Waals surface area contributed by atoms with Gasteiger partial charge in [-0.25, -0.2) is 0 Å². The Morgan fingerprint density at radius 3 is 1.42 bits per heavy atom. The first-order valence-corrected chi connectivity index (χ1v) is 33.4. The minimum absolute atomic E-state index is 0.00457. The second-order valence-electron chi connectivity index (χ2n) is 27.4. The molecule has 1 heterocycles. The summed E-state index contributed by atoms with van der Waals surface area (Å²) in [6.07, 6.45) is 4.54. The molecular weight excluding hydrogens is 1170 g/mol. The number of ether oxygens (including phenoxy) is 1. The van der Waals surface area contributed by atoms with Crippen LogP contribution in [0.15, 0.2) is 12.2 Å². The predicted octanol–water partition coefficient (Wildman–Crippen LogP) is 4.12. The van der Waals surface area contributed by atoms with E-state index in [2.05, 4.69) is 21.3 Å². The van der Waals surface area contributed by atoms with E-state index in [1.807, 2.05) is 47.8 Å². The molecule has 516 valence electrons. The lowest BCUT2D eigenvalue weighted by atomic mass is 9.91. The molecule has 1 saturated heterocycles. The number of likely N-dealkylation sites (N-methyl/N-ethyl adjacent to an activating group) is 7. The molecule has 0 aromatic heterocycles. The van der Waals surface area contributed by atoms with Gasteiger partial charge in [0.25, 0.3) is 0 Å².